The van der Waals surface area contributed by atoms with Gasteiger partial charge in [0, 0.05) is 37.5 Å². The van der Waals surface area contributed by atoms with Crippen LogP contribution in [0.2, 0.25) is 0 Å². The van der Waals surface area contributed by atoms with Crippen molar-refractivity contribution in [3.8, 4) is 5.75 Å². The normalized spacial score (nSPS) is 21.8. The summed E-state index contributed by atoms with van der Waals surface area (Å²) >= 11 is 1.76. The van der Waals surface area contributed by atoms with E-state index in [9.17, 15) is 0 Å². The second-order valence-corrected chi connectivity index (χ2v) is 7.41. The van der Waals surface area contributed by atoms with Gasteiger partial charge in [-0.2, -0.15) is 0 Å². The van der Waals surface area contributed by atoms with Gasteiger partial charge in [0.1, 0.15) is 5.75 Å². The van der Waals surface area contributed by atoms with Gasteiger partial charge in [-0.25, -0.2) is 4.98 Å². The molecule has 130 valence electrons. The molecule has 1 saturated heterocycles. The molecule has 2 heterocycles. The molecule has 3 rings (SSSR count). The minimum Gasteiger partial charge on any atom is -0.497 e. The standard InChI is InChI=1S/C19H26N2O2S/c1-14-19(24-13-20-14)12-21-9-8-18(23-3)16(11-21)10-15-4-6-17(22-2)7-5-15/h4-7,13,16,18H,8-12H2,1-3H3/t16-,18+/m1/s1. The number of hydrogen-bond acceptors (Lipinski definition) is 5. The number of piperidine rings is 1. The number of ether oxygens (including phenoxy) is 2. The van der Waals surface area contributed by atoms with Crippen LogP contribution in [0.1, 0.15) is 22.6 Å². The van der Waals surface area contributed by atoms with Gasteiger partial charge in [-0.05, 0) is 37.5 Å². The lowest BCUT2D eigenvalue weighted by molar-refractivity contribution is -0.00828. The molecule has 4 nitrogen and oxygen atoms in total. The maximum atomic E-state index is 5.77. The van der Waals surface area contributed by atoms with Crippen LogP contribution in [0.25, 0.3) is 0 Å². The quantitative estimate of drug-likeness (QED) is 0.801. The van der Waals surface area contributed by atoms with Gasteiger partial charge in [0.2, 0.25) is 0 Å². The highest BCUT2D eigenvalue weighted by atomic mass is 32.1. The highest BCUT2D eigenvalue weighted by Crippen LogP contribution is 2.26. The Morgan fingerprint density at radius 1 is 1.25 bits per heavy atom. The van der Waals surface area contributed by atoms with Gasteiger partial charge in [0.05, 0.1) is 24.4 Å². The number of aryl methyl sites for hydroxylation is 1. The molecule has 1 aliphatic heterocycles. The summed E-state index contributed by atoms with van der Waals surface area (Å²) in [5, 5.41) is 0. The van der Waals surface area contributed by atoms with Crippen LogP contribution in [-0.2, 0) is 17.7 Å². The highest BCUT2D eigenvalue weighted by Gasteiger charge is 2.29. The first kappa shape index (κ1) is 17.4. The fourth-order valence-corrected chi connectivity index (χ4v) is 4.30. The third-order valence-electron chi connectivity index (χ3n) is 4.92. The molecule has 0 N–H and O–H groups in total. The van der Waals surface area contributed by atoms with E-state index in [1.807, 2.05) is 24.8 Å². The summed E-state index contributed by atoms with van der Waals surface area (Å²) in [4.78, 5) is 8.30. The molecular formula is C19H26N2O2S. The Labute approximate surface area is 148 Å². The van der Waals surface area contributed by atoms with Crippen LogP contribution >= 0.6 is 11.3 Å². The molecule has 0 spiro atoms. The first-order valence-corrected chi connectivity index (χ1v) is 9.34. The molecule has 0 bridgehead atoms. The third kappa shape index (κ3) is 4.15. The molecule has 5 heteroatoms. The van der Waals surface area contributed by atoms with Crippen molar-refractivity contribution in [2.45, 2.75) is 32.4 Å². The van der Waals surface area contributed by atoms with Crippen molar-refractivity contribution in [3.63, 3.8) is 0 Å². The van der Waals surface area contributed by atoms with Gasteiger partial charge in [-0.1, -0.05) is 12.1 Å². The number of nitrogens with zero attached hydrogens (tertiary/aromatic N) is 2. The van der Waals surface area contributed by atoms with Crippen molar-refractivity contribution in [2.24, 2.45) is 5.92 Å². The van der Waals surface area contributed by atoms with Crippen LogP contribution in [0.5, 0.6) is 5.75 Å². The van der Waals surface area contributed by atoms with Crippen molar-refractivity contribution in [2.75, 3.05) is 27.3 Å². The minimum atomic E-state index is 0.339. The Morgan fingerprint density at radius 3 is 2.67 bits per heavy atom. The van der Waals surface area contributed by atoms with Gasteiger partial charge in [-0.15, -0.1) is 11.3 Å². The monoisotopic (exact) mass is 346 g/mol. The van der Waals surface area contributed by atoms with Crippen LogP contribution in [0, 0.1) is 12.8 Å². The number of rotatable bonds is 6. The highest BCUT2D eigenvalue weighted by molar-refractivity contribution is 7.09. The molecule has 1 fully saturated rings. The molecule has 0 unspecified atom stereocenters. The average Bonchev–Trinajstić information content (AvgIpc) is 3.01. The van der Waals surface area contributed by atoms with E-state index in [-0.39, 0.29) is 0 Å². The number of methoxy groups -OCH3 is 2. The first-order chi connectivity index (χ1) is 11.7. The van der Waals surface area contributed by atoms with E-state index in [1.54, 1.807) is 18.4 Å². The zero-order chi connectivity index (χ0) is 16.9. The fourth-order valence-electron chi connectivity index (χ4n) is 3.48. The van der Waals surface area contributed by atoms with Crippen LogP contribution in [0.3, 0.4) is 0 Å². The van der Waals surface area contributed by atoms with Gasteiger partial charge in [-0.3, -0.25) is 4.90 Å². The summed E-state index contributed by atoms with van der Waals surface area (Å²) in [7, 11) is 3.55. The molecule has 24 heavy (non-hydrogen) atoms. The van der Waals surface area contributed by atoms with Crippen molar-refractivity contribution in [1.82, 2.24) is 9.88 Å². The summed E-state index contributed by atoms with van der Waals surface area (Å²) in [6.07, 6.45) is 2.47. The van der Waals surface area contributed by atoms with Gasteiger partial charge in [0.25, 0.3) is 0 Å². The van der Waals surface area contributed by atoms with E-state index in [0.29, 0.717) is 12.0 Å². The summed E-state index contributed by atoms with van der Waals surface area (Å²) in [5.41, 5.74) is 4.46. The van der Waals surface area contributed by atoms with Crippen LogP contribution in [-0.4, -0.2) is 43.3 Å². The predicted molar refractivity (Wildman–Crippen MR) is 97.7 cm³/mol. The molecule has 1 aromatic heterocycles. The van der Waals surface area contributed by atoms with Gasteiger partial charge < -0.3 is 9.47 Å². The van der Waals surface area contributed by atoms with E-state index < -0.39 is 0 Å². The molecule has 0 aliphatic carbocycles. The van der Waals surface area contributed by atoms with Gasteiger partial charge >= 0.3 is 0 Å². The largest absolute Gasteiger partial charge is 0.497 e. The predicted octanol–water partition coefficient (Wildman–Crippen LogP) is 3.54. The number of likely N-dealkylation sites (tertiary alicyclic amines) is 1. The average molecular weight is 346 g/mol. The van der Waals surface area contributed by atoms with Gasteiger partial charge in [0.15, 0.2) is 0 Å². The number of aromatic nitrogens is 1. The van der Waals surface area contributed by atoms with E-state index >= 15 is 0 Å². The van der Waals surface area contributed by atoms with Crippen LogP contribution < -0.4 is 4.74 Å². The Balaban J connectivity index is 1.65. The maximum absolute atomic E-state index is 5.77. The lowest BCUT2D eigenvalue weighted by atomic mass is 9.88. The van der Waals surface area contributed by atoms with Crippen molar-refractivity contribution < 1.29 is 9.47 Å². The summed E-state index contributed by atoms with van der Waals surface area (Å²) in [6, 6.07) is 8.41. The molecule has 0 amide bonds. The Hall–Kier alpha value is -1.43. The van der Waals surface area contributed by atoms with Crippen molar-refractivity contribution in [1.29, 1.82) is 0 Å². The molecule has 1 aromatic carbocycles. The topological polar surface area (TPSA) is 34.6 Å². The van der Waals surface area contributed by atoms with Crippen LogP contribution in [0.4, 0.5) is 0 Å². The Morgan fingerprint density at radius 2 is 2.04 bits per heavy atom. The molecule has 0 saturated carbocycles. The fraction of sp³-hybridized carbons (Fsp3) is 0.526. The second kappa shape index (κ2) is 8.10. The smallest absolute Gasteiger partial charge is 0.118 e. The van der Waals surface area contributed by atoms with Crippen molar-refractivity contribution in [3.05, 3.63) is 45.9 Å². The Bertz CT molecular complexity index is 641. The lowest BCUT2D eigenvalue weighted by Gasteiger charge is -2.38. The zero-order valence-corrected chi connectivity index (χ0v) is 15.5. The molecular weight excluding hydrogens is 320 g/mol. The number of benzene rings is 1. The second-order valence-electron chi connectivity index (χ2n) is 6.47. The van der Waals surface area contributed by atoms with E-state index in [1.165, 1.54) is 16.1 Å². The third-order valence-corrected chi connectivity index (χ3v) is 5.84. The molecule has 2 atom stereocenters. The molecule has 0 radical (unpaired) electrons. The van der Waals surface area contributed by atoms with E-state index in [2.05, 4.69) is 28.9 Å². The lowest BCUT2D eigenvalue weighted by Crippen LogP contribution is -2.44. The van der Waals surface area contributed by atoms with E-state index in [4.69, 9.17) is 9.47 Å². The summed E-state index contributed by atoms with van der Waals surface area (Å²) < 4.78 is 11.0. The molecule has 1 aliphatic rings. The minimum absolute atomic E-state index is 0.339. The summed E-state index contributed by atoms with van der Waals surface area (Å²) in [6.45, 7) is 5.27. The number of hydrogen-bond donors (Lipinski definition) is 0. The van der Waals surface area contributed by atoms with Crippen LogP contribution in [0.15, 0.2) is 29.8 Å². The van der Waals surface area contributed by atoms with Crippen molar-refractivity contribution >= 4 is 11.3 Å². The van der Waals surface area contributed by atoms with E-state index in [0.717, 1.165) is 38.2 Å². The first-order valence-electron chi connectivity index (χ1n) is 8.46. The molecule has 2 aromatic rings. The number of thiazole rings is 1. The summed E-state index contributed by atoms with van der Waals surface area (Å²) in [5.74, 6) is 1.43. The maximum Gasteiger partial charge on any atom is 0.118 e. The SMILES string of the molecule is COc1ccc(C[C@@H]2CN(Cc3scnc3C)CC[C@@H]2OC)cc1. The zero-order valence-electron chi connectivity index (χ0n) is 14.7. The Kier molecular flexibility index (Phi) is 5.87.